The van der Waals surface area contributed by atoms with Crippen molar-refractivity contribution in [3.05, 3.63) is 51.5 Å². The van der Waals surface area contributed by atoms with Crippen LogP contribution >= 0.6 is 23.2 Å². The molecule has 0 saturated carbocycles. The Morgan fingerprint density at radius 2 is 1.91 bits per heavy atom. The molecule has 1 aliphatic rings. The molecule has 1 amide bonds. The van der Waals surface area contributed by atoms with Crippen LogP contribution in [0.3, 0.4) is 0 Å². The number of hydrogen-bond donors (Lipinski definition) is 3. The van der Waals surface area contributed by atoms with Gasteiger partial charge < -0.3 is 15.5 Å². The summed E-state index contributed by atoms with van der Waals surface area (Å²) in [5, 5.41) is 3.44. The van der Waals surface area contributed by atoms with Crippen molar-refractivity contribution in [2.75, 3.05) is 12.0 Å². The number of hydrazine groups is 1. The minimum absolute atomic E-state index is 0.105. The van der Waals surface area contributed by atoms with Crippen molar-refractivity contribution < 1.29 is 9.53 Å². The first kappa shape index (κ1) is 15.0. The van der Waals surface area contributed by atoms with Crippen LogP contribution in [0.2, 0.25) is 10.0 Å². The van der Waals surface area contributed by atoms with E-state index in [0.717, 1.165) is 12.0 Å². The largest absolute Gasteiger partial charge is 0.454 e. The van der Waals surface area contributed by atoms with Crippen molar-refractivity contribution in [1.82, 2.24) is 5.32 Å². The molecular formula is C15H13Cl2N3O2. The van der Waals surface area contributed by atoms with Gasteiger partial charge >= 0.3 is 0 Å². The van der Waals surface area contributed by atoms with E-state index in [2.05, 4.69) is 10.7 Å². The Bertz CT molecular complexity index is 727. The van der Waals surface area contributed by atoms with Crippen LogP contribution in [-0.2, 0) is 6.42 Å². The number of anilines is 1. The molecule has 7 heteroatoms. The van der Waals surface area contributed by atoms with Crippen molar-refractivity contribution in [2.45, 2.75) is 6.42 Å². The molecular weight excluding hydrogens is 325 g/mol. The predicted octanol–water partition coefficient (Wildman–Crippen LogP) is 3.36. The number of fused-ring (bicyclic) bond motifs is 1. The van der Waals surface area contributed by atoms with E-state index in [0.29, 0.717) is 39.3 Å². The highest BCUT2D eigenvalue weighted by atomic mass is 35.5. The lowest BCUT2D eigenvalue weighted by molar-refractivity contribution is 0.0945. The third-order valence-electron chi connectivity index (χ3n) is 3.39. The summed E-state index contributed by atoms with van der Waals surface area (Å²) in [6.45, 7) is 0.650. The van der Waals surface area contributed by atoms with Crippen LogP contribution in [0.5, 0.6) is 11.5 Å². The lowest BCUT2D eigenvalue weighted by Crippen LogP contribution is -2.31. The smallest absolute Gasteiger partial charge is 0.251 e. The lowest BCUT2D eigenvalue weighted by Gasteiger charge is -2.18. The Balaban J connectivity index is 1.94. The summed E-state index contributed by atoms with van der Waals surface area (Å²) in [5.74, 6) is 6.04. The van der Waals surface area contributed by atoms with Gasteiger partial charge in [-0.25, -0.2) is 0 Å². The Hall–Kier alpha value is -1.95. The van der Waals surface area contributed by atoms with Crippen LogP contribution in [0.4, 0.5) is 5.69 Å². The van der Waals surface area contributed by atoms with E-state index in [4.69, 9.17) is 33.8 Å². The fraction of sp³-hybridized carbons (Fsp3) is 0.133. The molecule has 0 fully saturated rings. The second-order valence-electron chi connectivity index (χ2n) is 4.84. The summed E-state index contributed by atoms with van der Waals surface area (Å²) in [5.41, 5.74) is 4.65. The molecule has 1 aliphatic heterocycles. The monoisotopic (exact) mass is 337 g/mol. The maximum Gasteiger partial charge on any atom is 0.251 e. The fourth-order valence-electron chi connectivity index (χ4n) is 2.31. The molecule has 0 spiro atoms. The number of rotatable bonds is 3. The minimum atomic E-state index is -0.105. The maximum atomic E-state index is 11.9. The second kappa shape index (κ2) is 6.04. The van der Waals surface area contributed by atoms with Crippen molar-refractivity contribution in [1.29, 1.82) is 0 Å². The zero-order valence-electron chi connectivity index (χ0n) is 11.5. The summed E-state index contributed by atoms with van der Waals surface area (Å²) in [6, 6.07) is 8.56. The number of ether oxygens (including phenoxy) is 1. The summed E-state index contributed by atoms with van der Waals surface area (Å²) in [7, 11) is 0. The number of benzene rings is 2. The Morgan fingerprint density at radius 3 is 2.59 bits per heavy atom. The summed E-state index contributed by atoms with van der Waals surface area (Å²) < 4.78 is 5.74. The molecule has 0 bridgehead atoms. The Labute approximate surface area is 137 Å². The quantitative estimate of drug-likeness (QED) is 0.592. The van der Waals surface area contributed by atoms with Crippen molar-refractivity contribution in [2.24, 2.45) is 5.84 Å². The Morgan fingerprint density at radius 1 is 1.18 bits per heavy atom. The average Bonchev–Trinajstić information content (AvgIpc) is 2.51. The molecule has 0 unspecified atom stereocenters. The van der Waals surface area contributed by atoms with Gasteiger partial charge in [-0.15, -0.1) is 0 Å². The highest BCUT2D eigenvalue weighted by molar-refractivity contribution is 6.37. The number of carbonyl (C=O) groups excluding carboxylic acids is 1. The maximum absolute atomic E-state index is 11.9. The van der Waals surface area contributed by atoms with Crippen molar-refractivity contribution in [3.63, 3.8) is 0 Å². The number of nitrogens with one attached hydrogen (secondary N) is 2. The zero-order chi connectivity index (χ0) is 15.7. The van der Waals surface area contributed by atoms with Gasteiger partial charge in [-0.1, -0.05) is 29.3 Å². The number of nitrogen functional groups attached to an aromatic ring is 1. The van der Waals surface area contributed by atoms with E-state index in [1.54, 1.807) is 24.3 Å². The zero-order valence-corrected chi connectivity index (χ0v) is 13.0. The van der Waals surface area contributed by atoms with E-state index in [1.807, 2.05) is 6.07 Å². The molecule has 114 valence electrons. The van der Waals surface area contributed by atoms with Gasteiger partial charge in [0.1, 0.15) is 5.75 Å². The normalized spacial score (nSPS) is 13.3. The van der Waals surface area contributed by atoms with Crippen LogP contribution in [0.1, 0.15) is 15.9 Å². The van der Waals surface area contributed by atoms with Crippen LogP contribution in [0.25, 0.3) is 0 Å². The highest BCUT2D eigenvalue weighted by Gasteiger charge is 2.18. The molecule has 2 aromatic rings. The van der Waals surface area contributed by atoms with Gasteiger partial charge in [0, 0.05) is 12.1 Å². The Kier molecular flexibility index (Phi) is 4.11. The van der Waals surface area contributed by atoms with Crippen molar-refractivity contribution >= 4 is 34.8 Å². The van der Waals surface area contributed by atoms with E-state index in [-0.39, 0.29) is 5.91 Å². The van der Waals surface area contributed by atoms with Crippen molar-refractivity contribution in [3.8, 4) is 11.5 Å². The molecule has 4 N–H and O–H groups in total. The van der Waals surface area contributed by atoms with Gasteiger partial charge in [-0.05, 0) is 36.2 Å². The average molecular weight is 338 g/mol. The number of halogens is 2. The number of carbonyl (C=O) groups is 1. The SMILES string of the molecule is NNc1cc(Cl)c(Oc2ccc3c(c2)C(=O)NCC3)c(Cl)c1. The summed E-state index contributed by atoms with van der Waals surface area (Å²) >= 11 is 12.3. The molecule has 0 saturated heterocycles. The molecule has 5 nitrogen and oxygen atoms in total. The van der Waals surface area contributed by atoms with Gasteiger partial charge in [0.15, 0.2) is 5.75 Å². The van der Waals surface area contributed by atoms with Crippen LogP contribution in [0.15, 0.2) is 30.3 Å². The molecule has 0 aliphatic carbocycles. The number of nitrogens with two attached hydrogens (primary N) is 1. The molecule has 0 radical (unpaired) electrons. The number of hydrogen-bond acceptors (Lipinski definition) is 4. The topological polar surface area (TPSA) is 76.4 Å². The van der Waals surface area contributed by atoms with E-state index in [1.165, 1.54) is 0 Å². The van der Waals surface area contributed by atoms with Gasteiger partial charge in [-0.2, -0.15) is 0 Å². The third-order valence-corrected chi connectivity index (χ3v) is 3.95. The van der Waals surface area contributed by atoms with Crippen LogP contribution in [-0.4, -0.2) is 12.5 Å². The van der Waals surface area contributed by atoms with Gasteiger partial charge in [0.25, 0.3) is 5.91 Å². The van der Waals surface area contributed by atoms with Gasteiger partial charge in [-0.3, -0.25) is 10.6 Å². The lowest BCUT2D eigenvalue weighted by atomic mass is 10.0. The minimum Gasteiger partial charge on any atom is -0.454 e. The molecule has 2 aromatic carbocycles. The summed E-state index contributed by atoms with van der Waals surface area (Å²) in [4.78, 5) is 11.9. The first-order valence-corrected chi connectivity index (χ1v) is 7.38. The fourth-order valence-corrected chi connectivity index (χ4v) is 2.88. The summed E-state index contributed by atoms with van der Waals surface area (Å²) in [6.07, 6.45) is 0.805. The molecule has 0 aromatic heterocycles. The molecule has 22 heavy (non-hydrogen) atoms. The molecule has 3 rings (SSSR count). The molecule has 0 atom stereocenters. The standard InChI is InChI=1S/C15H13Cl2N3O2/c16-12-5-9(20-18)6-13(17)14(12)22-10-2-1-8-3-4-19-15(21)11(8)7-10/h1-2,5-7,20H,3-4,18H2,(H,19,21). The van der Waals surface area contributed by atoms with Crippen LogP contribution < -0.4 is 21.3 Å². The molecule has 1 heterocycles. The number of amides is 1. The van der Waals surface area contributed by atoms with E-state index < -0.39 is 0 Å². The highest BCUT2D eigenvalue weighted by Crippen LogP contribution is 2.39. The van der Waals surface area contributed by atoms with E-state index in [9.17, 15) is 4.79 Å². The van der Waals surface area contributed by atoms with E-state index >= 15 is 0 Å². The van der Waals surface area contributed by atoms with Gasteiger partial charge in [0.2, 0.25) is 0 Å². The van der Waals surface area contributed by atoms with Gasteiger partial charge in [0.05, 0.1) is 15.7 Å². The first-order chi connectivity index (χ1) is 10.6. The second-order valence-corrected chi connectivity index (χ2v) is 5.65. The predicted molar refractivity (Wildman–Crippen MR) is 86.8 cm³/mol. The first-order valence-electron chi connectivity index (χ1n) is 6.63. The third kappa shape index (κ3) is 2.83. The van der Waals surface area contributed by atoms with Crippen LogP contribution in [0, 0.1) is 0 Å².